The number of piperidine rings is 1. The number of amides is 2. The normalized spacial score (nSPS) is 17.7. The molecule has 0 N–H and O–H groups in total. The molecule has 6 heteroatoms. The van der Waals surface area contributed by atoms with Gasteiger partial charge in [0.2, 0.25) is 5.91 Å². The van der Waals surface area contributed by atoms with Gasteiger partial charge >= 0.3 is 0 Å². The van der Waals surface area contributed by atoms with Crippen LogP contribution in [-0.4, -0.2) is 60.9 Å². The Hall–Kier alpha value is -2.53. The number of halogens is 1. The minimum atomic E-state index is 0.0153. The fourth-order valence-corrected chi connectivity index (χ4v) is 4.73. The zero-order valence-corrected chi connectivity index (χ0v) is 19.1. The zero-order valence-electron chi connectivity index (χ0n) is 18.3. The number of nitrogens with zero attached hydrogens (tertiary/aromatic N) is 3. The fourth-order valence-electron chi connectivity index (χ4n) is 4.61. The maximum atomic E-state index is 13.1. The number of aryl methyl sites for hydroxylation is 1. The zero-order chi connectivity index (χ0) is 22.0. The first kappa shape index (κ1) is 21.7. The van der Waals surface area contributed by atoms with E-state index in [2.05, 4.69) is 36.9 Å². The number of anilines is 1. The van der Waals surface area contributed by atoms with Crippen LogP contribution in [0.4, 0.5) is 5.69 Å². The molecule has 2 aliphatic rings. The lowest BCUT2D eigenvalue weighted by atomic mass is 9.94. The van der Waals surface area contributed by atoms with E-state index in [9.17, 15) is 9.59 Å². The lowest BCUT2D eigenvalue weighted by Crippen LogP contribution is -2.52. The SMILES string of the molecule is Cc1cccc(N2CCN(C(=O)C3CCN(C(=O)c4ccc(Cl)cc4)CC3)CC2)c1C. The number of rotatable bonds is 3. The molecule has 2 amide bonds. The van der Waals surface area contributed by atoms with Gasteiger partial charge in [0.25, 0.3) is 5.91 Å². The van der Waals surface area contributed by atoms with Gasteiger partial charge in [0.15, 0.2) is 0 Å². The van der Waals surface area contributed by atoms with E-state index in [4.69, 9.17) is 11.6 Å². The highest BCUT2D eigenvalue weighted by atomic mass is 35.5. The largest absolute Gasteiger partial charge is 0.368 e. The van der Waals surface area contributed by atoms with Crippen molar-refractivity contribution in [1.82, 2.24) is 9.80 Å². The average Bonchev–Trinajstić information content (AvgIpc) is 2.81. The van der Waals surface area contributed by atoms with E-state index in [0.29, 0.717) is 23.7 Å². The van der Waals surface area contributed by atoms with Crippen LogP contribution < -0.4 is 4.90 Å². The summed E-state index contributed by atoms with van der Waals surface area (Å²) in [6.45, 7) is 8.81. The van der Waals surface area contributed by atoms with Crippen molar-refractivity contribution in [2.24, 2.45) is 5.92 Å². The van der Waals surface area contributed by atoms with E-state index in [-0.39, 0.29) is 17.7 Å². The molecule has 2 aromatic carbocycles. The van der Waals surface area contributed by atoms with Gasteiger partial charge < -0.3 is 14.7 Å². The number of carbonyl (C=O) groups is 2. The third-order valence-corrected chi connectivity index (χ3v) is 6.98. The van der Waals surface area contributed by atoms with Crippen LogP contribution in [0.15, 0.2) is 42.5 Å². The summed E-state index contributed by atoms with van der Waals surface area (Å²) in [7, 11) is 0. The van der Waals surface area contributed by atoms with Gasteiger partial charge in [-0.15, -0.1) is 0 Å². The van der Waals surface area contributed by atoms with Gasteiger partial charge in [-0.2, -0.15) is 0 Å². The van der Waals surface area contributed by atoms with Crippen LogP contribution >= 0.6 is 11.6 Å². The molecule has 2 fully saturated rings. The molecule has 0 bridgehead atoms. The molecule has 4 rings (SSSR count). The molecule has 0 unspecified atom stereocenters. The number of likely N-dealkylation sites (tertiary alicyclic amines) is 1. The second kappa shape index (κ2) is 9.31. The van der Waals surface area contributed by atoms with Gasteiger partial charge in [-0.3, -0.25) is 9.59 Å². The van der Waals surface area contributed by atoms with Crippen molar-refractivity contribution < 1.29 is 9.59 Å². The topological polar surface area (TPSA) is 43.9 Å². The van der Waals surface area contributed by atoms with Crippen LogP contribution in [0, 0.1) is 19.8 Å². The summed E-state index contributed by atoms with van der Waals surface area (Å²) >= 11 is 5.92. The van der Waals surface area contributed by atoms with E-state index in [1.54, 1.807) is 24.3 Å². The maximum absolute atomic E-state index is 13.1. The number of carbonyl (C=O) groups excluding carboxylic acids is 2. The van der Waals surface area contributed by atoms with Crippen molar-refractivity contribution in [2.45, 2.75) is 26.7 Å². The maximum Gasteiger partial charge on any atom is 0.253 e. The molecular weight excluding hydrogens is 410 g/mol. The van der Waals surface area contributed by atoms with E-state index < -0.39 is 0 Å². The van der Waals surface area contributed by atoms with Crippen LogP contribution in [0.1, 0.15) is 34.3 Å². The molecule has 0 saturated carbocycles. The van der Waals surface area contributed by atoms with Gasteiger partial charge in [-0.25, -0.2) is 0 Å². The Kier molecular flexibility index (Phi) is 6.51. The summed E-state index contributed by atoms with van der Waals surface area (Å²) in [4.78, 5) is 32.0. The van der Waals surface area contributed by atoms with Crippen LogP contribution in [0.2, 0.25) is 5.02 Å². The van der Waals surface area contributed by atoms with Crippen LogP contribution in [0.5, 0.6) is 0 Å². The van der Waals surface area contributed by atoms with Gasteiger partial charge in [0, 0.05) is 61.5 Å². The van der Waals surface area contributed by atoms with E-state index in [1.807, 2.05) is 9.80 Å². The van der Waals surface area contributed by atoms with Crippen molar-refractivity contribution in [2.75, 3.05) is 44.2 Å². The molecule has 0 spiro atoms. The van der Waals surface area contributed by atoms with Crippen molar-refractivity contribution in [3.8, 4) is 0 Å². The third-order valence-electron chi connectivity index (χ3n) is 6.73. The molecule has 2 saturated heterocycles. The van der Waals surface area contributed by atoms with E-state index in [1.165, 1.54) is 16.8 Å². The standard InChI is InChI=1S/C25H30ClN3O2/c1-18-4-3-5-23(19(18)2)27-14-16-29(17-15-27)25(31)21-10-12-28(13-11-21)24(30)20-6-8-22(26)9-7-20/h3-9,21H,10-17H2,1-2H3. The minimum Gasteiger partial charge on any atom is -0.368 e. The molecule has 31 heavy (non-hydrogen) atoms. The van der Waals surface area contributed by atoms with Crippen molar-refractivity contribution in [3.05, 3.63) is 64.2 Å². The first-order valence-corrected chi connectivity index (χ1v) is 11.5. The number of piperazine rings is 1. The smallest absolute Gasteiger partial charge is 0.253 e. The molecule has 2 aliphatic heterocycles. The Balaban J connectivity index is 1.29. The summed E-state index contributed by atoms with van der Waals surface area (Å²) in [6.07, 6.45) is 1.46. The Morgan fingerprint density at radius 1 is 0.839 bits per heavy atom. The molecule has 5 nitrogen and oxygen atoms in total. The predicted octanol–water partition coefficient (Wildman–Crippen LogP) is 4.16. The Morgan fingerprint density at radius 3 is 2.13 bits per heavy atom. The van der Waals surface area contributed by atoms with Crippen molar-refractivity contribution in [1.29, 1.82) is 0 Å². The summed E-state index contributed by atoms with van der Waals surface area (Å²) in [5.41, 5.74) is 4.55. The second-order valence-electron chi connectivity index (χ2n) is 8.60. The molecule has 0 atom stereocenters. The Labute approximate surface area is 189 Å². The molecule has 2 heterocycles. The molecule has 0 radical (unpaired) electrons. The summed E-state index contributed by atoms with van der Waals surface area (Å²) < 4.78 is 0. The van der Waals surface area contributed by atoms with E-state index >= 15 is 0 Å². The number of hydrogen-bond donors (Lipinski definition) is 0. The van der Waals surface area contributed by atoms with E-state index in [0.717, 1.165) is 39.0 Å². The Morgan fingerprint density at radius 2 is 1.48 bits per heavy atom. The monoisotopic (exact) mass is 439 g/mol. The van der Waals surface area contributed by atoms with Crippen LogP contribution in [0.3, 0.4) is 0 Å². The lowest BCUT2D eigenvalue weighted by Gasteiger charge is -2.40. The minimum absolute atomic E-state index is 0.0153. The second-order valence-corrected chi connectivity index (χ2v) is 9.04. The van der Waals surface area contributed by atoms with Crippen molar-refractivity contribution in [3.63, 3.8) is 0 Å². The molecule has 0 aromatic heterocycles. The van der Waals surface area contributed by atoms with Crippen LogP contribution in [0.25, 0.3) is 0 Å². The number of hydrogen-bond acceptors (Lipinski definition) is 3. The van der Waals surface area contributed by atoms with Gasteiger partial charge in [0.1, 0.15) is 0 Å². The Bertz CT molecular complexity index is 944. The van der Waals surface area contributed by atoms with Gasteiger partial charge in [0.05, 0.1) is 0 Å². The van der Waals surface area contributed by atoms with Crippen molar-refractivity contribution >= 4 is 29.1 Å². The van der Waals surface area contributed by atoms with Gasteiger partial charge in [-0.1, -0.05) is 23.7 Å². The molecule has 164 valence electrons. The summed E-state index contributed by atoms with van der Waals surface area (Å²) in [5, 5.41) is 0.624. The average molecular weight is 440 g/mol. The third kappa shape index (κ3) is 4.72. The summed E-state index contributed by atoms with van der Waals surface area (Å²) in [6, 6.07) is 13.4. The number of benzene rings is 2. The molecular formula is C25H30ClN3O2. The highest BCUT2D eigenvalue weighted by molar-refractivity contribution is 6.30. The predicted molar refractivity (Wildman–Crippen MR) is 125 cm³/mol. The molecule has 0 aliphatic carbocycles. The van der Waals surface area contributed by atoms with Gasteiger partial charge in [-0.05, 0) is 68.1 Å². The van der Waals surface area contributed by atoms with Crippen LogP contribution in [-0.2, 0) is 4.79 Å². The first-order valence-electron chi connectivity index (χ1n) is 11.1. The lowest BCUT2D eigenvalue weighted by molar-refractivity contribution is -0.137. The summed E-state index contributed by atoms with van der Waals surface area (Å²) in [5.74, 6) is 0.283. The highest BCUT2D eigenvalue weighted by Gasteiger charge is 2.32. The fraction of sp³-hybridized carbons (Fsp3) is 0.440. The molecule has 2 aromatic rings. The highest BCUT2D eigenvalue weighted by Crippen LogP contribution is 2.26. The quantitative estimate of drug-likeness (QED) is 0.721. The first-order chi connectivity index (χ1) is 14.9.